The lowest BCUT2D eigenvalue weighted by Crippen LogP contribution is -2.35. The van der Waals surface area contributed by atoms with Gasteiger partial charge in [0, 0.05) is 17.3 Å². The number of hydrogen-bond donors (Lipinski definition) is 1. The Balaban J connectivity index is 1.86. The first-order chi connectivity index (χ1) is 9.72. The molecule has 1 amide bonds. The van der Waals surface area contributed by atoms with E-state index in [2.05, 4.69) is 21.8 Å². The normalized spacial score (nSPS) is 16.8. The van der Waals surface area contributed by atoms with Gasteiger partial charge in [-0.15, -0.1) is 11.3 Å². The van der Waals surface area contributed by atoms with E-state index < -0.39 is 0 Å². The zero-order valence-electron chi connectivity index (χ0n) is 11.9. The van der Waals surface area contributed by atoms with Crippen molar-refractivity contribution in [2.75, 3.05) is 0 Å². The second-order valence-corrected chi connectivity index (χ2v) is 6.30. The number of carbonyl (C=O) groups is 1. The highest BCUT2D eigenvalue weighted by atomic mass is 32.1. The van der Waals surface area contributed by atoms with Gasteiger partial charge in [-0.2, -0.15) is 5.26 Å². The van der Waals surface area contributed by atoms with Crippen LogP contribution < -0.4 is 5.32 Å². The van der Waals surface area contributed by atoms with Crippen molar-refractivity contribution in [2.24, 2.45) is 0 Å². The van der Waals surface area contributed by atoms with Gasteiger partial charge in [-0.05, 0) is 19.3 Å². The van der Waals surface area contributed by atoms with Gasteiger partial charge >= 0.3 is 0 Å². The van der Waals surface area contributed by atoms with E-state index in [1.54, 1.807) is 11.3 Å². The van der Waals surface area contributed by atoms with E-state index in [9.17, 15) is 4.79 Å². The summed E-state index contributed by atoms with van der Waals surface area (Å²) < 4.78 is 0. The first kappa shape index (κ1) is 15.0. The average molecular weight is 291 g/mol. The predicted molar refractivity (Wildman–Crippen MR) is 79.5 cm³/mol. The quantitative estimate of drug-likeness (QED) is 0.875. The third-order valence-electron chi connectivity index (χ3n) is 3.85. The minimum atomic E-state index is -0.0400. The molecule has 5 heteroatoms. The SMILES string of the molecule is CCC(CC#N)NC(=O)Cc1nc(C2CCCC2)cs1. The topological polar surface area (TPSA) is 65.8 Å². The molecule has 4 nitrogen and oxygen atoms in total. The molecular weight excluding hydrogens is 270 g/mol. The number of thiazole rings is 1. The molecule has 1 unspecified atom stereocenters. The Morgan fingerprint density at radius 1 is 1.60 bits per heavy atom. The Morgan fingerprint density at radius 2 is 2.35 bits per heavy atom. The molecule has 0 saturated heterocycles. The van der Waals surface area contributed by atoms with Crippen LogP contribution in [0, 0.1) is 11.3 Å². The monoisotopic (exact) mass is 291 g/mol. The molecule has 0 aliphatic heterocycles. The van der Waals surface area contributed by atoms with Crippen molar-refractivity contribution in [1.29, 1.82) is 5.26 Å². The van der Waals surface area contributed by atoms with E-state index >= 15 is 0 Å². The summed E-state index contributed by atoms with van der Waals surface area (Å²) in [5, 5.41) is 14.6. The molecule has 1 aliphatic carbocycles. The number of aromatic nitrogens is 1. The molecule has 20 heavy (non-hydrogen) atoms. The number of amides is 1. The summed E-state index contributed by atoms with van der Waals surface area (Å²) in [6.45, 7) is 1.98. The standard InChI is InChI=1S/C15H21N3OS/c1-2-12(7-8-16)17-14(19)9-15-18-13(10-20-15)11-5-3-4-6-11/h10-12H,2-7,9H2,1H3,(H,17,19). The van der Waals surface area contributed by atoms with Crippen molar-refractivity contribution in [1.82, 2.24) is 10.3 Å². The number of carbonyl (C=O) groups excluding carboxylic acids is 1. The highest BCUT2D eigenvalue weighted by Crippen LogP contribution is 2.34. The molecule has 2 rings (SSSR count). The second kappa shape index (κ2) is 7.39. The molecule has 1 aromatic heterocycles. The van der Waals surface area contributed by atoms with E-state index in [1.165, 1.54) is 31.4 Å². The van der Waals surface area contributed by atoms with Gasteiger partial charge in [0.15, 0.2) is 0 Å². The van der Waals surface area contributed by atoms with Crippen molar-refractivity contribution in [3.63, 3.8) is 0 Å². The molecule has 0 spiro atoms. The predicted octanol–water partition coefficient (Wildman–Crippen LogP) is 3.15. The molecule has 1 N–H and O–H groups in total. The lowest BCUT2D eigenvalue weighted by Gasteiger charge is -2.12. The van der Waals surface area contributed by atoms with Crippen LogP contribution in [-0.4, -0.2) is 16.9 Å². The molecule has 0 radical (unpaired) electrons. The van der Waals surface area contributed by atoms with Crippen molar-refractivity contribution >= 4 is 17.2 Å². The summed E-state index contributed by atoms with van der Waals surface area (Å²) in [7, 11) is 0. The van der Waals surface area contributed by atoms with Crippen molar-refractivity contribution in [2.45, 2.75) is 63.8 Å². The van der Waals surface area contributed by atoms with Gasteiger partial charge in [-0.1, -0.05) is 19.8 Å². The van der Waals surface area contributed by atoms with Crippen LogP contribution in [0.25, 0.3) is 0 Å². The van der Waals surface area contributed by atoms with Crippen molar-refractivity contribution in [3.05, 3.63) is 16.1 Å². The van der Waals surface area contributed by atoms with Crippen LogP contribution >= 0.6 is 11.3 Å². The molecule has 1 aromatic rings. The molecular formula is C15H21N3OS. The molecule has 1 aliphatic rings. The van der Waals surface area contributed by atoms with Crippen LogP contribution in [0.4, 0.5) is 0 Å². The first-order valence-electron chi connectivity index (χ1n) is 7.33. The van der Waals surface area contributed by atoms with Gasteiger partial charge in [-0.25, -0.2) is 4.98 Å². The minimum Gasteiger partial charge on any atom is -0.352 e. The summed E-state index contributed by atoms with van der Waals surface area (Å²) in [6, 6.07) is 2.06. The number of rotatable bonds is 6. The van der Waals surface area contributed by atoms with Gasteiger partial charge < -0.3 is 5.32 Å². The van der Waals surface area contributed by atoms with Crippen LogP contribution in [0.15, 0.2) is 5.38 Å². The Hall–Kier alpha value is -1.41. The molecule has 0 bridgehead atoms. The van der Waals surface area contributed by atoms with Crippen molar-refractivity contribution < 1.29 is 4.79 Å². The lowest BCUT2D eigenvalue weighted by atomic mass is 10.1. The largest absolute Gasteiger partial charge is 0.352 e. The maximum Gasteiger partial charge on any atom is 0.227 e. The fourth-order valence-electron chi connectivity index (χ4n) is 2.64. The van der Waals surface area contributed by atoms with Crippen LogP contribution in [0.1, 0.15) is 62.1 Å². The van der Waals surface area contributed by atoms with Crippen LogP contribution in [0.3, 0.4) is 0 Å². The van der Waals surface area contributed by atoms with Gasteiger partial charge in [0.05, 0.1) is 24.6 Å². The highest BCUT2D eigenvalue weighted by Gasteiger charge is 2.20. The van der Waals surface area contributed by atoms with Gasteiger partial charge in [0.2, 0.25) is 5.91 Å². The van der Waals surface area contributed by atoms with Crippen molar-refractivity contribution in [3.8, 4) is 6.07 Å². The summed E-state index contributed by atoms with van der Waals surface area (Å²) in [4.78, 5) is 16.5. The number of nitrogens with zero attached hydrogens (tertiary/aromatic N) is 2. The molecule has 1 atom stereocenters. The highest BCUT2D eigenvalue weighted by molar-refractivity contribution is 7.09. The third-order valence-corrected chi connectivity index (χ3v) is 4.72. The molecule has 1 fully saturated rings. The molecule has 108 valence electrons. The Bertz CT molecular complexity index is 486. The zero-order chi connectivity index (χ0) is 14.4. The van der Waals surface area contributed by atoms with E-state index in [1.807, 2.05) is 6.92 Å². The third kappa shape index (κ3) is 4.04. The average Bonchev–Trinajstić information content (AvgIpc) is 3.08. The van der Waals surface area contributed by atoms with Gasteiger partial charge in [0.25, 0.3) is 0 Å². The van der Waals surface area contributed by atoms with Crippen LogP contribution in [0.5, 0.6) is 0 Å². The smallest absolute Gasteiger partial charge is 0.227 e. The maximum atomic E-state index is 11.9. The number of hydrogen-bond acceptors (Lipinski definition) is 4. The first-order valence-corrected chi connectivity index (χ1v) is 8.21. The van der Waals surface area contributed by atoms with E-state index in [4.69, 9.17) is 5.26 Å². The van der Waals surface area contributed by atoms with Crippen LogP contribution in [-0.2, 0) is 11.2 Å². The maximum absolute atomic E-state index is 11.9. The van der Waals surface area contributed by atoms with E-state index in [0.717, 1.165) is 11.4 Å². The fourth-order valence-corrected chi connectivity index (χ4v) is 3.51. The summed E-state index contributed by atoms with van der Waals surface area (Å²) >= 11 is 1.58. The molecule has 1 heterocycles. The van der Waals surface area contributed by atoms with Gasteiger partial charge in [0.1, 0.15) is 5.01 Å². The molecule has 0 aromatic carbocycles. The van der Waals surface area contributed by atoms with E-state index in [-0.39, 0.29) is 11.9 Å². The summed E-state index contributed by atoms with van der Waals surface area (Å²) in [6.07, 6.45) is 6.54. The number of nitriles is 1. The van der Waals surface area contributed by atoms with Crippen LogP contribution in [0.2, 0.25) is 0 Å². The Morgan fingerprint density at radius 3 is 3.00 bits per heavy atom. The Kier molecular flexibility index (Phi) is 5.54. The summed E-state index contributed by atoms with van der Waals surface area (Å²) in [5.74, 6) is 0.574. The Labute approximate surface area is 124 Å². The minimum absolute atomic E-state index is 0.0283. The fraction of sp³-hybridized carbons (Fsp3) is 0.667. The lowest BCUT2D eigenvalue weighted by molar-refractivity contribution is -0.121. The zero-order valence-corrected chi connectivity index (χ0v) is 12.7. The second-order valence-electron chi connectivity index (χ2n) is 5.36. The summed E-state index contributed by atoms with van der Waals surface area (Å²) in [5.41, 5.74) is 1.17. The van der Waals surface area contributed by atoms with Gasteiger partial charge in [-0.3, -0.25) is 4.79 Å². The molecule has 1 saturated carbocycles. The number of nitrogens with one attached hydrogen (secondary N) is 1. The van der Waals surface area contributed by atoms with E-state index in [0.29, 0.717) is 18.8 Å².